The van der Waals surface area contributed by atoms with Crippen LogP contribution >= 0.6 is 11.6 Å². The van der Waals surface area contributed by atoms with E-state index in [2.05, 4.69) is 0 Å². The lowest BCUT2D eigenvalue weighted by molar-refractivity contribution is 0.0644. The second kappa shape index (κ2) is 6.09. The summed E-state index contributed by atoms with van der Waals surface area (Å²) in [4.78, 5) is 0. The highest BCUT2D eigenvalue weighted by molar-refractivity contribution is 6.30. The molecule has 0 amide bonds. The number of rotatable bonds is 5. The van der Waals surface area contributed by atoms with Gasteiger partial charge in [-0.2, -0.15) is 0 Å². The lowest BCUT2D eigenvalue weighted by atomic mass is 10.1. The van der Waals surface area contributed by atoms with Gasteiger partial charge in [-0.15, -0.1) is 0 Å². The third kappa shape index (κ3) is 3.67. The van der Waals surface area contributed by atoms with Crippen LogP contribution < -0.4 is 5.73 Å². The van der Waals surface area contributed by atoms with E-state index >= 15 is 0 Å². The lowest BCUT2D eigenvalue weighted by Gasteiger charge is -2.12. The van der Waals surface area contributed by atoms with Crippen LogP contribution in [0.15, 0.2) is 12.1 Å². The molecule has 4 heteroatoms. The Hall–Kier alpha value is -0.770. The monoisotopic (exact) mass is 243 g/mol. The minimum Gasteiger partial charge on any atom is -0.507 e. The molecule has 0 saturated heterocycles. The quantitative estimate of drug-likeness (QED) is 0.835. The molecule has 0 aliphatic carbocycles. The maximum Gasteiger partial charge on any atom is 0.124 e. The van der Waals surface area contributed by atoms with E-state index in [0.717, 1.165) is 5.56 Å². The van der Waals surface area contributed by atoms with Gasteiger partial charge in [0.25, 0.3) is 0 Å². The number of phenols is 1. The summed E-state index contributed by atoms with van der Waals surface area (Å²) in [5, 5.41) is 10.6. The van der Waals surface area contributed by atoms with Gasteiger partial charge in [-0.1, -0.05) is 11.6 Å². The Balaban J connectivity index is 2.90. The second-order valence-corrected chi connectivity index (χ2v) is 4.41. The summed E-state index contributed by atoms with van der Waals surface area (Å²) in [6.07, 6.45) is 0.734. The Kier molecular flexibility index (Phi) is 5.06. The van der Waals surface area contributed by atoms with Gasteiger partial charge in [0.05, 0.1) is 12.7 Å². The van der Waals surface area contributed by atoms with E-state index in [4.69, 9.17) is 22.1 Å². The van der Waals surface area contributed by atoms with Gasteiger partial charge in [0.15, 0.2) is 0 Å². The van der Waals surface area contributed by atoms with Crippen molar-refractivity contribution < 1.29 is 9.84 Å². The molecule has 0 spiro atoms. The van der Waals surface area contributed by atoms with Gasteiger partial charge >= 0.3 is 0 Å². The van der Waals surface area contributed by atoms with Crippen LogP contribution in [0.2, 0.25) is 5.02 Å². The van der Waals surface area contributed by atoms with Crippen molar-refractivity contribution in [2.24, 2.45) is 5.73 Å². The zero-order chi connectivity index (χ0) is 12.1. The number of hydrogen-bond donors (Lipinski definition) is 2. The molecule has 0 aliphatic rings. The van der Waals surface area contributed by atoms with Crippen LogP contribution in [0, 0.1) is 0 Å². The fraction of sp³-hybridized carbons (Fsp3) is 0.500. The molecule has 16 heavy (non-hydrogen) atoms. The van der Waals surface area contributed by atoms with Crippen LogP contribution in [0.5, 0.6) is 5.75 Å². The SMILES string of the molecule is CC(C)OCc1cc(Cl)cc(CCN)c1O. The Bertz CT molecular complexity index is 353. The van der Waals surface area contributed by atoms with E-state index < -0.39 is 0 Å². The first-order valence-electron chi connectivity index (χ1n) is 5.36. The van der Waals surface area contributed by atoms with Crippen molar-refractivity contribution in [1.29, 1.82) is 0 Å². The fourth-order valence-electron chi connectivity index (χ4n) is 1.43. The van der Waals surface area contributed by atoms with E-state index in [1.807, 2.05) is 13.8 Å². The maximum atomic E-state index is 9.96. The molecule has 90 valence electrons. The van der Waals surface area contributed by atoms with E-state index in [-0.39, 0.29) is 11.9 Å². The van der Waals surface area contributed by atoms with Crippen molar-refractivity contribution in [3.8, 4) is 5.75 Å². The molecule has 0 aliphatic heterocycles. The van der Waals surface area contributed by atoms with Gasteiger partial charge in [0.1, 0.15) is 5.75 Å². The highest BCUT2D eigenvalue weighted by atomic mass is 35.5. The number of aromatic hydroxyl groups is 1. The maximum absolute atomic E-state index is 9.96. The predicted molar refractivity (Wildman–Crippen MR) is 65.8 cm³/mol. The van der Waals surface area contributed by atoms with Gasteiger partial charge in [-0.3, -0.25) is 0 Å². The highest BCUT2D eigenvalue weighted by Crippen LogP contribution is 2.28. The van der Waals surface area contributed by atoms with Crippen molar-refractivity contribution in [1.82, 2.24) is 0 Å². The topological polar surface area (TPSA) is 55.5 Å². The molecule has 1 rings (SSSR count). The first-order chi connectivity index (χ1) is 7.54. The molecule has 0 atom stereocenters. The Morgan fingerprint density at radius 3 is 2.56 bits per heavy atom. The lowest BCUT2D eigenvalue weighted by Crippen LogP contribution is -2.06. The molecule has 0 aromatic heterocycles. The first-order valence-corrected chi connectivity index (χ1v) is 5.74. The van der Waals surface area contributed by atoms with Gasteiger partial charge in [0, 0.05) is 10.6 Å². The van der Waals surface area contributed by atoms with Gasteiger partial charge in [0.2, 0.25) is 0 Å². The number of hydrogen-bond acceptors (Lipinski definition) is 3. The summed E-state index contributed by atoms with van der Waals surface area (Å²) in [6, 6.07) is 3.46. The number of halogens is 1. The zero-order valence-corrected chi connectivity index (χ0v) is 10.4. The number of phenolic OH excluding ortho intramolecular Hbond substituents is 1. The van der Waals surface area contributed by atoms with Gasteiger partial charge in [-0.05, 0) is 44.5 Å². The molecule has 0 radical (unpaired) electrons. The van der Waals surface area contributed by atoms with Crippen LogP contribution in [0.3, 0.4) is 0 Å². The van der Waals surface area contributed by atoms with Gasteiger partial charge < -0.3 is 15.6 Å². The van der Waals surface area contributed by atoms with Crippen LogP contribution in [0.25, 0.3) is 0 Å². The van der Waals surface area contributed by atoms with E-state index in [9.17, 15) is 5.11 Å². The molecule has 0 fully saturated rings. The number of nitrogens with two attached hydrogens (primary N) is 1. The zero-order valence-electron chi connectivity index (χ0n) is 9.66. The molecule has 0 unspecified atom stereocenters. The third-order valence-electron chi connectivity index (χ3n) is 2.22. The van der Waals surface area contributed by atoms with Crippen LogP contribution in [-0.4, -0.2) is 17.8 Å². The summed E-state index contributed by atoms with van der Waals surface area (Å²) in [5.41, 5.74) is 6.95. The second-order valence-electron chi connectivity index (χ2n) is 3.97. The van der Waals surface area contributed by atoms with Gasteiger partial charge in [-0.25, -0.2) is 0 Å². The highest BCUT2D eigenvalue weighted by Gasteiger charge is 2.09. The van der Waals surface area contributed by atoms with E-state index in [0.29, 0.717) is 30.2 Å². The summed E-state index contributed by atoms with van der Waals surface area (Å²) in [7, 11) is 0. The molecule has 1 aromatic rings. The van der Waals surface area contributed by atoms with E-state index in [1.165, 1.54) is 0 Å². The van der Waals surface area contributed by atoms with E-state index in [1.54, 1.807) is 12.1 Å². The van der Waals surface area contributed by atoms with Crippen molar-refractivity contribution in [3.63, 3.8) is 0 Å². The number of ether oxygens (including phenoxy) is 1. The predicted octanol–water partition coefficient (Wildman–Crippen LogP) is 2.47. The summed E-state index contributed by atoms with van der Waals surface area (Å²) < 4.78 is 5.45. The minimum atomic E-state index is 0.122. The molecule has 0 saturated carbocycles. The molecule has 0 heterocycles. The average Bonchev–Trinajstić information content (AvgIpc) is 2.21. The summed E-state index contributed by atoms with van der Waals surface area (Å²) >= 11 is 5.97. The summed E-state index contributed by atoms with van der Waals surface area (Å²) in [5.74, 6) is 0.246. The smallest absolute Gasteiger partial charge is 0.124 e. The standard InChI is InChI=1S/C12H18ClNO2/c1-8(2)16-7-10-6-11(13)5-9(3-4-14)12(10)15/h5-6,8,15H,3-4,7,14H2,1-2H3. The van der Waals surface area contributed by atoms with Crippen molar-refractivity contribution >= 4 is 11.6 Å². The normalized spacial score (nSPS) is 11.1. The molecule has 3 N–H and O–H groups in total. The average molecular weight is 244 g/mol. The van der Waals surface area contributed by atoms with Crippen molar-refractivity contribution in [2.45, 2.75) is 33.0 Å². The Morgan fingerprint density at radius 1 is 1.38 bits per heavy atom. The minimum absolute atomic E-state index is 0.122. The fourth-order valence-corrected chi connectivity index (χ4v) is 1.69. The first kappa shape index (κ1) is 13.3. The van der Waals surface area contributed by atoms with Crippen LogP contribution in [0.4, 0.5) is 0 Å². The largest absolute Gasteiger partial charge is 0.507 e. The third-order valence-corrected chi connectivity index (χ3v) is 2.44. The molecular weight excluding hydrogens is 226 g/mol. The Labute approximate surface area is 101 Å². The van der Waals surface area contributed by atoms with Crippen molar-refractivity contribution in [3.05, 3.63) is 28.3 Å². The molecular formula is C12H18ClNO2. The number of benzene rings is 1. The van der Waals surface area contributed by atoms with Crippen molar-refractivity contribution in [2.75, 3.05) is 6.54 Å². The van der Waals surface area contributed by atoms with Crippen LogP contribution in [0.1, 0.15) is 25.0 Å². The molecule has 3 nitrogen and oxygen atoms in total. The summed E-state index contributed by atoms with van der Waals surface area (Å²) in [6.45, 7) is 4.74. The molecule has 1 aromatic carbocycles. The Morgan fingerprint density at radius 2 is 2.00 bits per heavy atom. The molecule has 0 bridgehead atoms. The van der Waals surface area contributed by atoms with Crippen LogP contribution in [-0.2, 0) is 17.8 Å².